The second kappa shape index (κ2) is 8.58. The molecule has 2 nitrogen and oxygen atoms in total. The van der Waals surface area contributed by atoms with Gasteiger partial charge >= 0.3 is 0 Å². The fourth-order valence-corrected chi connectivity index (χ4v) is 1.60. The third-order valence-electron chi connectivity index (χ3n) is 2.47. The third-order valence-corrected chi connectivity index (χ3v) is 2.47. The van der Waals surface area contributed by atoms with E-state index in [9.17, 15) is 0 Å². The molecule has 0 unspecified atom stereocenters. The maximum Gasteiger partial charge on any atom is -0.00258 e. The molecule has 0 saturated heterocycles. The quantitative estimate of drug-likeness (QED) is 0.690. The highest BCUT2D eigenvalue weighted by molar-refractivity contribution is 8.18. The van der Waals surface area contributed by atoms with E-state index in [0.717, 1.165) is 6.42 Å². The van der Waals surface area contributed by atoms with Crippen molar-refractivity contribution in [2.45, 2.75) is 6.42 Å². The first-order valence-electron chi connectivity index (χ1n) is 5.65. The molecule has 0 amide bonds. The molecule has 0 aliphatic rings. The van der Waals surface area contributed by atoms with Gasteiger partial charge in [0.1, 0.15) is 0 Å². The highest BCUT2D eigenvalue weighted by atomic mass is 32.8. The number of hydrogen-bond donors (Lipinski definition) is 1. The number of benzene rings is 2. The van der Waals surface area contributed by atoms with Gasteiger partial charge < -0.3 is 8.76 Å². The van der Waals surface area contributed by atoms with Crippen LogP contribution in [0.5, 0.6) is 0 Å². The number of rotatable bonds is 3. The van der Waals surface area contributed by atoms with Gasteiger partial charge in [0, 0.05) is 0 Å². The van der Waals surface area contributed by atoms with Crippen LogP contribution in [0.1, 0.15) is 16.7 Å². The second-order valence-corrected chi connectivity index (χ2v) is 5.11. The summed E-state index contributed by atoms with van der Waals surface area (Å²) in [7, 11) is -2.03. The van der Waals surface area contributed by atoms with E-state index in [0.29, 0.717) is 0 Å². The molecule has 19 heavy (non-hydrogen) atoms. The lowest BCUT2D eigenvalue weighted by Gasteiger charge is -2.02. The topological polar surface area (TPSA) is 37.3 Å². The third kappa shape index (κ3) is 6.86. The summed E-state index contributed by atoms with van der Waals surface area (Å²) < 4.78 is 16.3. The van der Waals surface area contributed by atoms with Crippen LogP contribution in [0.15, 0.2) is 61.2 Å². The van der Waals surface area contributed by atoms with E-state index in [4.69, 9.17) is 8.76 Å². The molecule has 4 heteroatoms. The van der Waals surface area contributed by atoms with E-state index in [1.807, 2.05) is 12.1 Å². The van der Waals surface area contributed by atoms with Crippen LogP contribution in [0.3, 0.4) is 0 Å². The first kappa shape index (κ1) is 15.6. The highest BCUT2D eigenvalue weighted by Crippen LogP contribution is 2.10. The van der Waals surface area contributed by atoms with Crippen LogP contribution < -0.4 is 0 Å². The Bertz CT molecular complexity index is 565. The van der Waals surface area contributed by atoms with Crippen molar-refractivity contribution in [3.8, 4) is 0 Å². The minimum atomic E-state index is -2.03. The minimum absolute atomic E-state index is 0.998. The van der Waals surface area contributed by atoms with E-state index < -0.39 is 9.64 Å². The van der Waals surface area contributed by atoms with Gasteiger partial charge in [-0.1, -0.05) is 76.9 Å². The van der Waals surface area contributed by atoms with Crippen LogP contribution in [0.2, 0.25) is 0 Å². The standard InChI is InChI=1S/C15H14.HO2S2/c1-2-13-8-10-15(11-9-13)12-14-6-4-3-5-7-14;1-4(2)3/h2-11H,1,12H2;(H,1,2,3)/q;-1. The summed E-state index contributed by atoms with van der Waals surface area (Å²) in [5.41, 5.74) is 3.86. The smallest absolute Gasteiger partial charge is 0.00258 e. The van der Waals surface area contributed by atoms with Crippen molar-refractivity contribution in [3.05, 3.63) is 77.9 Å². The molecule has 0 fully saturated rings. The van der Waals surface area contributed by atoms with Crippen molar-refractivity contribution >= 4 is 26.9 Å². The van der Waals surface area contributed by atoms with Gasteiger partial charge in [0.15, 0.2) is 0 Å². The predicted octanol–water partition coefficient (Wildman–Crippen LogP) is 3.81. The van der Waals surface area contributed by atoms with Gasteiger partial charge in [-0.3, -0.25) is 0 Å². The summed E-state index contributed by atoms with van der Waals surface area (Å²) >= 11 is 3.65. The van der Waals surface area contributed by atoms with Gasteiger partial charge in [-0.2, -0.15) is 0 Å². The molecule has 0 atom stereocenters. The van der Waals surface area contributed by atoms with Crippen molar-refractivity contribution in [2.75, 3.05) is 0 Å². The van der Waals surface area contributed by atoms with Crippen molar-refractivity contribution in [2.24, 2.45) is 0 Å². The van der Waals surface area contributed by atoms with E-state index in [2.05, 4.69) is 66.3 Å². The Kier molecular flexibility index (Phi) is 7.03. The largest absolute Gasteiger partial charge is 0.459 e. The molecule has 0 spiro atoms. The monoisotopic (exact) mass is 291 g/mol. The van der Waals surface area contributed by atoms with Gasteiger partial charge in [0.25, 0.3) is 0 Å². The summed E-state index contributed by atoms with van der Waals surface area (Å²) in [6.45, 7) is 3.74. The molecular weight excluding hydrogens is 276 g/mol. The minimum Gasteiger partial charge on any atom is -0.459 e. The first-order chi connectivity index (χ1) is 9.11. The molecule has 0 aliphatic carbocycles. The lowest BCUT2D eigenvalue weighted by Crippen LogP contribution is -1.87. The van der Waals surface area contributed by atoms with Crippen molar-refractivity contribution in [1.29, 1.82) is 0 Å². The Labute approximate surface area is 120 Å². The second-order valence-electron chi connectivity index (χ2n) is 3.83. The van der Waals surface area contributed by atoms with E-state index in [1.165, 1.54) is 16.7 Å². The molecule has 1 N–H and O–H groups in total. The fraction of sp³-hybridized carbons (Fsp3) is 0.0667. The van der Waals surface area contributed by atoms with Crippen molar-refractivity contribution < 1.29 is 8.76 Å². The molecule has 2 rings (SSSR count). The van der Waals surface area contributed by atoms with E-state index >= 15 is 0 Å². The van der Waals surface area contributed by atoms with Gasteiger partial charge in [0.2, 0.25) is 0 Å². The normalized spacial score (nSPS) is 9.58. The molecule has 0 bridgehead atoms. The lowest BCUT2D eigenvalue weighted by molar-refractivity contribution is 0.536. The zero-order valence-corrected chi connectivity index (χ0v) is 12.0. The van der Waals surface area contributed by atoms with Gasteiger partial charge in [-0.25, -0.2) is 11.2 Å². The molecule has 0 aliphatic heterocycles. The Morgan fingerprint density at radius 3 is 2.00 bits per heavy atom. The molecule has 0 saturated carbocycles. The zero-order chi connectivity index (χ0) is 14.1. The van der Waals surface area contributed by atoms with Crippen LogP contribution in [0, 0.1) is 0 Å². The number of hydrogen-bond acceptors (Lipinski definition) is 3. The SMILES string of the molecule is C=Cc1ccc(Cc2ccccc2)cc1.O=[S-](O)=S. The van der Waals surface area contributed by atoms with Crippen molar-refractivity contribution in [1.82, 2.24) is 0 Å². The summed E-state index contributed by atoms with van der Waals surface area (Å²) in [6.07, 6.45) is 2.87. The average Bonchev–Trinajstić information content (AvgIpc) is 2.40. The zero-order valence-electron chi connectivity index (χ0n) is 10.4. The Morgan fingerprint density at radius 2 is 1.53 bits per heavy atom. The predicted molar refractivity (Wildman–Crippen MR) is 83.8 cm³/mol. The Morgan fingerprint density at radius 1 is 1.05 bits per heavy atom. The maximum absolute atomic E-state index is 8.93. The molecule has 0 heterocycles. The van der Waals surface area contributed by atoms with E-state index in [1.54, 1.807) is 0 Å². The summed E-state index contributed by atoms with van der Waals surface area (Å²) in [4.78, 5) is 0. The van der Waals surface area contributed by atoms with E-state index in [-0.39, 0.29) is 0 Å². The highest BCUT2D eigenvalue weighted by Gasteiger charge is 1.94. The molecule has 100 valence electrons. The van der Waals surface area contributed by atoms with Crippen LogP contribution in [0.25, 0.3) is 6.08 Å². The molecule has 0 radical (unpaired) electrons. The summed E-state index contributed by atoms with van der Waals surface area (Å²) in [5, 5.41) is 0. The van der Waals surface area contributed by atoms with Crippen LogP contribution in [-0.4, -0.2) is 4.55 Å². The summed E-state index contributed by atoms with van der Waals surface area (Å²) in [6, 6.07) is 19.0. The Balaban J connectivity index is 0.000000399. The fourth-order valence-electron chi connectivity index (χ4n) is 1.60. The summed E-state index contributed by atoms with van der Waals surface area (Å²) in [5.74, 6) is 0. The Hall–Kier alpha value is -1.49. The molecular formula is C15H15O2S2-. The van der Waals surface area contributed by atoms with Crippen LogP contribution in [-0.2, 0) is 31.5 Å². The van der Waals surface area contributed by atoms with Crippen molar-refractivity contribution in [3.63, 3.8) is 0 Å². The lowest BCUT2D eigenvalue weighted by atomic mass is 10.0. The molecule has 2 aromatic rings. The average molecular weight is 291 g/mol. The first-order valence-corrected chi connectivity index (χ1v) is 7.68. The molecule has 0 aromatic heterocycles. The maximum atomic E-state index is 8.93. The molecule has 2 aromatic carbocycles. The van der Waals surface area contributed by atoms with Gasteiger partial charge in [0.05, 0.1) is 0 Å². The van der Waals surface area contributed by atoms with Gasteiger partial charge in [-0.15, -0.1) is 0 Å². The van der Waals surface area contributed by atoms with Gasteiger partial charge in [-0.05, 0) is 23.1 Å². The van der Waals surface area contributed by atoms with Crippen LogP contribution >= 0.6 is 0 Å². The van der Waals surface area contributed by atoms with Crippen LogP contribution in [0.4, 0.5) is 0 Å².